The van der Waals surface area contributed by atoms with Crippen molar-refractivity contribution in [3.8, 4) is 0 Å². The van der Waals surface area contributed by atoms with Gasteiger partial charge in [-0.3, -0.25) is 24.2 Å². The maximum absolute atomic E-state index is 13.6. The number of anilines is 2. The van der Waals surface area contributed by atoms with Gasteiger partial charge in [0.2, 0.25) is 17.7 Å². The van der Waals surface area contributed by atoms with Gasteiger partial charge in [0.25, 0.3) is 0 Å². The Hall–Kier alpha value is -2.62. The van der Waals surface area contributed by atoms with E-state index in [1.165, 1.54) is 25.1 Å². The van der Waals surface area contributed by atoms with E-state index in [-0.39, 0.29) is 23.8 Å². The number of rotatable bonds is 6. The van der Waals surface area contributed by atoms with E-state index in [9.17, 15) is 27.6 Å². The van der Waals surface area contributed by atoms with Crippen molar-refractivity contribution in [3.05, 3.63) is 24.3 Å². The van der Waals surface area contributed by atoms with Crippen LogP contribution in [0.3, 0.4) is 0 Å². The molecule has 1 aliphatic heterocycles. The standard InChI is InChI=1S/C18H23F3N4O3/c1-12(26)22-8-5-9-24(2)11-17(28)25-14-7-4-3-6-13(14)23-16(27)10-15(25)18(19,20)21/h3-4,6-7,15H,5,8-11H2,1-2H3,(H,22,26)(H,23,27). The molecule has 0 bridgehead atoms. The van der Waals surface area contributed by atoms with E-state index >= 15 is 0 Å². The second-order valence-electron chi connectivity index (χ2n) is 6.66. The fourth-order valence-electron chi connectivity index (χ4n) is 3.00. The van der Waals surface area contributed by atoms with E-state index in [0.29, 0.717) is 24.4 Å². The molecule has 7 nitrogen and oxygen atoms in total. The lowest BCUT2D eigenvalue weighted by Crippen LogP contribution is -2.52. The van der Waals surface area contributed by atoms with Gasteiger partial charge in [-0.05, 0) is 25.6 Å². The number of carbonyl (C=O) groups excluding carboxylic acids is 3. The molecule has 1 aromatic rings. The first-order valence-electron chi connectivity index (χ1n) is 8.80. The summed E-state index contributed by atoms with van der Waals surface area (Å²) >= 11 is 0. The summed E-state index contributed by atoms with van der Waals surface area (Å²) in [5.74, 6) is -1.73. The Balaban J connectivity index is 2.19. The first-order chi connectivity index (χ1) is 13.1. The Morgan fingerprint density at radius 1 is 1.32 bits per heavy atom. The molecule has 3 amide bonds. The van der Waals surface area contributed by atoms with E-state index in [1.807, 2.05) is 0 Å². The summed E-state index contributed by atoms with van der Waals surface area (Å²) in [6.07, 6.45) is -5.08. The van der Waals surface area contributed by atoms with Crippen LogP contribution >= 0.6 is 0 Å². The van der Waals surface area contributed by atoms with Gasteiger partial charge in [-0.2, -0.15) is 13.2 Å². The van der Waals surface area contributed by atoms with E-state index < -0.39 is 30.5 Å². The number of para-hydroxylation sites is 2. The number of amides is 3. The average molecular weight is 400 g/mol. The number of hydrogen-bond acceptors (Lipinski definition) is 4. The minimum atomic E-state index is -4.76. The third-order valence-electron chi connectivity index (χ3n) is 4.27. The van der Waals surface area contributed by atoms with E-state index in [0.717, 1.165) is 0 Å². The molecule has 1 aromatic carbocycles. The lowest BCUT2D eigenvalue weighted by Gasteiger charge is -2.33. The molecule has 0 aromatic heterocycles. The Morgan fingerprint density at radius 2 is 2.00 bits per heavy atom. The van der Waals surface area contributed by atoms with Crippen LogP contribution in [0.5, 0.6) is 0 Å². The molecule has 0 saturated carbocycles. The number of nitrogens with one attached hydrogen (secondary N) is 2. The van der Waals surface area contributed by atoms with Crippen LogP contribution in [0.15, 0.2) is 24.3 Å². The highest BCUT2D eigenvalue weighted by Gasteiger charge is 2.48. The van der Waals surface area contributed by atoms with Crippen LogP contribution in [-0.4, -0.2) is 61.5 Å². The molecule has 0 fully saturated rings. The fourth-order valence-corrected chi connectivity index (χ4v) is 3.00. The number of nitrogens with zero attached hydrogens (tertiary/aromatic N) is 2. The average Bonchev–Trinajstić information content (AvgIpc) is 2.74. The number of alkyl halides is 3. The summed E-state index contributed by atoms with van der Waals surface area (Å²) in [5.41, 5.74) is 0.188. The minimum absolute atomic E-state index is 0.0207. The minimum Gasteiger partial charge on any atom is -0.356 e. The quantitative estimate of drug-likeness (QED) is 0.713. The summed E-state index contributed by atoms with van der Waals surface area (Å²) in [7, 11) is 1.61. The normalized spacial score (nSPS) is 17.0. The summed E-state index contributed by atoms with van der Waals surface area (Å²) < 4.78 is 40.9. The number of carbonyl (C=O) groups is 3. The van der Waals surface area contributed by atoms with Crippen LogP contribution in [-0.2, 0) is 14.4 Å². The van der Waals surface area contributed by atoms with Crippen molar-refractivity contribution in [2.45, 2.75) is 32.0 Å². The number of halogens is 3. The second-order valence-corrected chi connectivity index (χ2v) is 6.66. The maximum atomic E-state index is 13.6. The van der Waals surface area contributed by atoms with Gasteiger partial charge in [-0.25, -0.2) is 0 Å². The van der Waals surface area contributed by atoms with Gasteiger partial charge in [0.1, 0.15) is 6.04 Å². The summed E-state index contributed by atoms with van der Waals surface area (Å²) in [6.45, 7) is 1.95. The molecule has 1 aliphatic rings. The number of benzene rings is 1. The molecular weight excluding hydrogens is 377 g/mol. The molecule has 0 aliphatic carbocycles. The molecule has 0 radical (unpaired) electrons. The van der Waals surface area contributed by atoms with Crippen LogP contribution in [0.2, 0.25) is 0 Å². The summed E-state index contributed by atoms with van der Waals surface area (Å²) in [6, 6.07) is 3.69. The Morgan fingerprint density at radius 3 is 2.64 bits per heavy atom. The number of hydrogen-bond donors (Lipinski definition) is 2. The fraction of sp³-hybridized carbons (Fsp3) is 0.500. The predicted molar refractivity (Wildman–Crippen MR) is 97.8 cm³/mol. The molecule has 10 heteroatoms. The topological polar surface area (TPSA) is 81.8 Å². The van der Waals surface area contributed by atoms with Crippen LogP contribution in [0.25, 0.3) is 0 Å². The van der Waals surface area contributed by atoms with E-state index in [1.54, 1.807) is 18.0 Å². The SMILES string of the molecule is CC(=O)NCCCN(C)CC(=O)N1c2ccccc2NC(=O)CC1C(F)(F)F. The molecule has 1 unspecified atom stereocenters. The van der Waals surface area contributed by atoms with Crippen LogP contribution in [0.4, 0.5) is 24.5 Å². The monoisotopic (exact) mass is 400 g/mol. The zero-order valence-corrected chi connectivity index (χ0v) is 15.7. The Bertz CT molecular complexity index is 739. The van der Waals surface area contributed by atoms with Crippen molar-refractivity contribution in [3.63, 3.8) is 0 Å². The van der Waals surface area contributed by atoms with Gasteiger partial charge in [0, 0.05) is 20.0 Å². The third-order valence-corrected chi connectivity index (χ3v) is 4.27. The smallest absolute Gasteiger partial charge is 0.356 e. The van der Waals surface area contributed by atoms with Gasteiger partial charge in [0.05, 0.1) is 24.3 Å². The summed E-state index contributed by atoms with van der Waals surface area (Å²) in [5, 5.41) is 5.04. The highest BCUT2D eigenvalue weighted by atomic mass is 19.4. The van der Waals surface area contributed by atoms with Crippen molar-refractivity contribution in [2.24, 2.45) is 0 Å². The number of fused-ring (bicyclic) bond motifs is 1. The van der Waals surface area contributed by atoms with Gasteiger partial charge < -0.3 is 10.6 Å². The predicted octanol–water partition coefficient (Wildman–Crippen LogP) is 1.75. The lowest BCUT2D eigenvalue weighted by molar-refractivity contribution is -0.158. The zero-order chi connectivity index (χ0) is 20.9. The molecule has 1 atom stereocenters. The molecule has 2 N–H and O–H groups in total. The van der Waals surface area contributed by atoms with Crippen LogP contribution < -0.4 is 15.5 Å². The van der Waals surface area contributed by atoms with Crippen molar-refractivity contribution in [2.75, 3.05) is 36.9 Å². The Kier molecular flexibility index (Phi) is 7.00. The Labute approximate surface area is 160 Å². The molecular formula is C18H23F3N4O3. The molecule has 1 heterocycles. The van der Waals surface area contributed by atoms with Crippen molar-refractivity contribution in [1.82, 2.24) is 10.2 Å². The lowest BCUT2D eigenvalue weighted by atomic mass is 10.1. The molecule has 28 heavy (non-hydrogen) atoms. The van der Waals surface area contributed by atoms with Crippen molar-refractivity contribution >= 4 is 29.1 Å². The van der Waals surface area contributed by atoms with Gasteiger partial charge in [0.15, 0.2) is 0 Å². The highest BCUT2D eigenvalue weighted by Crippen LogP contribution is 2.37. The second kappa shape index (κ2) is 9.05. The first-order valence-corrected chi connectivity index (χ1v) is 8.80. The van der Waals surface area contributed by atoms with Crippen molar-refractivity contribution < 1.29 is 27.6 Å². The molecule has 0 spiro atoms. The molecule has 0 saturated heterocycles. The zero-order valence-electron chi connectivity index (χ0n) is 15.7. The van der Waals surface area contributed by atoms with Gasteiger partial charge >= 0.3 is 6.18 Å². The van der Waals surface area contributed by atoms with Crippen LogP contribution in [0.1, 0.15) is 19.8 Å². The van der Waals surface area contributed by atoms with Gasteiger partial charge in [-0.1, -0.05) is 12.1 Å². The first kappa shape index (κ1) is 21.7. The molecule has 2 rings (SSSR count). The van der Waals surface area contributed by atoms with E-state index in [4.69, 9.17) is 0 Å². The molecule has 154 valence electrons. The van der Waals surface area contributed by atoms with E-state index in [2.05, 4.69) is 10.6 Å². The van der Waals surface area contributed by atoms with Crippen LogP contribution in [0, 0.1) is 0 Å². The highest BCUT2D eigenvalue weighted by molar-refractivity contribution is 6.05. The summed E-state index contributed by atoms with van der Waals surface area (Å²) in [4.78, 5) is 37.8. The maximum Gasteiger partial charge on any atom is 0.409 e. The number of likely N-dealkylation sites (N-methyl/N-ethyl adjacent to an activating group) is 1. The van der Waals surface area contributed by atoms with Crippen molar-refractivity contribution in [1.29, 1.82) is 0 Å². The largest absolute Gasteiger partial charge is 0.409 e. The third kappa shape index (κ3) is 5.69. The van der Waals surface area contributed by atoms with Gasteiger partial charge in [-0.15, -0.1) is 0 Å².